The molecule has 2 nitrogen and oxygen atoms in total. The van der Waals surface area contributed by atoms with Gasteiger partial charge in [-0.1, -0.05) is 41.5 Å². The molecule has 1 atom stereocenters. The number of carbonyl (C=O) groups is 1. The highest BCUT2D eigenvalue weighted by Gasteiger charge is 2.42. The summed E-state index contributed by atoms with van der Waals surface area (Å²) in [5, 5.41) is 0. The molecule has 0 saturated heterocycles. The van der Waals surface area contributed by atoms with Crippen molar-refractivity contribution in [3.05, 3.63) is 0 Å². The number of carbonyl (C=O) groups excluding carboxylic acids is 1. The van der Waals surface area contributed by atoms with Crippen LogP contribution in [-0.4, -0.2) is 22.9 Å². The Morgan fingerprint density at radius 3 is 1.81 bits per heavy atom. The summed E-state index contributed by atoms with van der Waals surface area (Å²) in [5.74, 6) is 0.303. The zero-order valence-electron chi connectivity index (χ0n) is 11.9. The van der Waals surface area contributed by atoms with Gasteiger partial charge in [-0.3, -0.25) is 4.79 Å². The van der Waals surface area contributed by atoms with Crippen molar-refractivity contribution in [1.82, 2.24) is 4.90 Å². The summed E-state index contributed by atoms with van der Waals surface area (Å²) in [4.78, 5) is 14.6. The molecule has 0 unspecified atom stereocenters. The standard InChI is InChI=1S/C14H27NO/c1-10(13(2,3)4)15(11-8-9-11)12(16)14(5,6)7/h10-11H,8-9H2,1-7H3/t10-/m0/s1. The van der Waals surface area contributed by atoms with E-state index in [1.807, 2.05) is 20.8 Å². The van der Waals surface area contributed by atoms with Gasteiger partial charge < -0.3 is 4.90 Å². The van der Waals surface area contributed by atoms with Gasteiger partial charge in [0.1, 0.15) is 0 Å². The molecule has 2 heteroatoms. The topological polar surface area (TPSA) is 20.3 Å². The second-order valence-corrected chi connectivity index (χ2v) is 7.24. The minimum Gasteiger partial charge on any atom is -0.336 e. The fourth-order valence-corrected chi connectivity index (χ4v) is 1.82. The molecule has 1 aliphatic carbocycles. The molecule has 0 aliphatic heterocycles. The van der Waals surface area contributed by atoms with Gasteiger partial charge in [0.2, 0.25) is 5.91 Å². The number of nitrogens with zero attached hydrogens (tertiary/aromatic N) is 1. The first kappa shape index (κ1) is 13.5. The van der Waals surface area contributed by atoms with E-state index in [0.717, 1.165) is 0 Å². The van der Waals surface area contributed by atoms with Gasteiger partial charge in [0.15, 0.2) is 0 Å². The van der Waals surface area contributed by atoms with E-state index in [0.29, 0.717) is 18.0 Å². The molecule has 0 N–H and O–H groups in total. The van der Waals surface area contributed by atoms with Crippen LogP contribution < -0.4 is 0 Å². The second-order valence-electron chi connectivity index (χ2n) is 7.24. The van der Waals surface area contributed by atoms with Crippen molar-refractivity contribution >= 4 is 5.91 Å². The van der Waals surface area contributed by atoms with Crippen molar-refractivity contribution in [2.45, 2.75) is 73.4 Å². The number of amides is 1. The first-order valence-corrected chi connectivity index (χ1v) is 6.38. The lowest BCUT2D eigenvalue weighted by Crippen LogP contribution is -2.50. The highest BCUT2D eigenvalue weighted by Crippen LogP contribution is 2.37. The van der Waals surface area contributed by atoms with Crippen molar-refractivity contribution in [2.24, 2.45) is 10.8 Å². The summed E-state index contributed by atoms with van der Waals surface area (Å²) in [6, 6.07) is 0.813. The summed E-state index contributed by atoms with van der Waals surface area (Å²) in [6.45, 7) is 14.9. The molecule has 0 heterocycles. The van der Waals surface area contributed by atoms with E-state index in [4.69, 9.17) is 0 Å². The van der Waals surface area contributed by atoms with E-state index in [-0.39, 0.29) is 10.8 Å². The monoisotopic (exact) mass is 225 g/mol. The highest BCUT2D eigenvalue weighted by molar-refractivity contribution is 5.82. The Labute approximate surface area is 100 Å². The van der Waals surface area contributed by atoms with E-state index in [2.05, 4.69) is 32.6 Å². The molecule has 1 saturated carbocycles. The molecule has 1 amide bonds. The third-order valence-corrected chi connectivity index (χ3v) is 3.49. The average molecular weight is 225 g/mol. The number of rotatable bonds is 2. The van der Waals surface area contributed by atoms with Gasteiger partial charge in [0.05, 0.1) is 0 Å². The highest BCUT2D eigenvalue weighted by atomic mass is 16.2. The van der Waals surface area contributed by atoms with Gasteiger partial charge in [-0.05, 0) is 25.2 Å². The van der Waals surface area contributed by atoms with Crippen LogP contribution in [0.15, 0.2) is 0 Å². The van der Waals surface area contributed by atoms with Crippen LogP contribution in [0, 0.1) is 10.8 Å². The van der Waals surface area contributed by atoms with Crippen LogP contribution in [0.3, 0.4) is 0 Å². The Morgan fingerprint density at radius 1 is 1.12 bits per heavy atom. The zero-order valence-corrected chi connectivity index (χ0v) is 11.9. The molecule has 0 aromatic carbocycles. The molecule has 0 bridgehead atoms. The first-order valence-electron chi connectivity index (χ1n) is 6.38. The molecular weight excluding hydrogens is 198 g/mol. The lowest BCUT2D eigenvalue weighted by atomic mass is 9.84. The van der Waals surface area contributed by atoms with Gasteiger partial charge in [0.25, 0.3) is 0 Å². The Balaban J connectivity index is 2.88. The lowest BCUT2D eigenvalue weighted by Gasteiger charge is -2.41. The second kappa shape index (κ2) is 4.05. The smallest absolute Gasteiger partial charge is 0.228 e. The third-order valence-electron chi connectivity index (χ3n) is 3.49. The molecular formula is C14H27NO. The van der Waals surface area contributed by atoms with Crippen molar-refractivity contribution in [3.63, 3.8) is 0 Å². The minimum absolute atomic E-state index is 0.156. The predicted octanol–water partition coefficient (Wildman–Crippen LogP) is 3.46. The SMILES string of the molecule is C[C@H](N(C(=O)C(C)(C)C)C1CC1)C(C)(C)C. The summed E-state index contributed by atoms with van der Waals surface area (Å²) in [7, 11) is 0. The van der Waals surface area contributed by atoms with Crippen molar-refractivity contribution in [1.29, 1.82) is 0 Å². The van der Waals surface area contributed by atoms with Gasteiger partial charge in [-0.15, -0.1) is 0 Å². The zero-order chi connectivity index (χ0) is 12.7. The van der Waals surface area contributed by atoms with Gasteiger partial charge in [-0.2, -0.15) is 0 Å². The molecule has 0 radical (unpaired) electrons. The molecule has 16 heavy (non-hydrogen) atoms. The maximum atomic E-state index is 12.5. The van der Waals surface area contributed by atoms with Crippen LogP contribution in [-0.2, 0) is 4.79 Å². The van der Waals surface area contributed by atoms with E-state index in [9.17, 15) is 4.79 Å². The van der Waals surface area contributed by atoms with Crippen LogP contribution in [0.1, 0.15) is 61.3 Å². The fourth-order valence-electron chi connectivity index (χ4n) is 1.82. The van der Waals surface area contributed by atoms with E-state index >= 15 is 0 Å². The fraction of sp³-hybridized carbons (Fsp3) is 0.929. The first-order chi connectivity index (χ1) is 7.05. The molecule has 1 rings (SSSR count). The van der Waals surface area contributed by atoms with E-state index in [1.165, 1.54) is 12.8 Å². The van der Waals surface area contributed by atoms with Gasteiger partial charge in [0, 0.05) is 17.5 Å². The van der Waals surface area contributed by atoms with Gasteiger partial charge in [-0.25, -0.2) is 0 Å². The molecule has 94 valence electrons. The molecule has 1 aliphatic rings. The number of hydrogen-bond donors (Lipinski definition) is 0. The van der Waals surface area contributed by atoms with Gasteiger partial charge >= 0.3 is 0 Å². The molecule has 1 fully saturated rings. The van der Waals surface area contributed by atoms with Crippen molar-refractivity contribution in [3.8, 4) is 0 Å². The van der Waals surface area contributed by atoms with Crippen LogP contribution >= 0.6 is 0 Å². The normalized spacial score (nSPS) is 19.4. The van der Waals surface area contributed by atoms with E-state index < -0.39 is 0 Å². The Kier molecular flexibility index (Phi) is 3.42. The summed E-state index contributed by atoms with van der Waals surface area (Å²) >= 11 is 0. The van der Waals surface area contributed by atoms with Crippen molar-refractivity contribution in [2.75, 3.05) is 0 Å². The van der Waals surface area contributed by atoms with Crippen LogP contribution in [0.4, 0.5) is 0 Å². The Bertz CT molecular complexity index is 265. The quantitative estimate of drug-likeness (QED) is 0.705. The van der Waals surface area contributed by atoms with Crippen LogP contribution in [0.25, 0.3) is 0 Å². The maximum absolute atomic E-state index is 12.5. The summed E-state index contributed by atoms with van der Waals surface area (Å²) < 4.78 is 0. The molecule has 0 aromatic heterocycles. The van der Waals surface area contributed by atoms with Crippen molar-refractivity contribution < 1.29 is 4.79 Å². The summed E-state index contributed by atoms with van der Waals surface area (Å²) in [6.07, 6.45) is 2.37. The van der Waals surface area contributed by atoms with Crippen LogP contribution in [0.2, 0.25) is 0 Å². The van der Waals surface area contributed by atoms with E-state index in [1.54, 1.807) is 0 Å². The molecule has 0 aromatic rings. The largest absolute Gasteiger partial charge is 0.336 e. The summed E-state index contributed by atoms with van der Waals surface area (Å²) in [5.41, 5.74) is -0.106. The Morgan fingerprint density at radius 2 is 1.56 bits per heavy atom. The van der Waals surface area contributed by atoms with Crippen LogP contribution in [0.5, 0.6) is 0 Å². The predicted molar refractivity (Wildman–Crippen MR) is 68.2 cm³/mol. The lowest BCUT2D eigenvalue weighted by molar-refractivity contribution is -0.144. The molecule has 0 spiro atoms. The maximum Gasteiger partial charge on any atom is 0.228 e. The minimum atomic E-state index is -0.262. The average Bonchev–Trinajstić information content (AvgIpc) is 2.84. The third kappa shape index (κ3) is 2.99. The number of hydrogen-bond acceptors (Lipinski definition) is 1. The Hall–Kier alpha value is -0.530.